The summed E-state index contributed by atoms with van der Waals surface area (Å²) < 4.78 is 0. The monoisotopic (exact) mass is 272 g/mol. The maximum Gasteiger partial charge on any atom is 0.320 e. The maximum absolute atomic E-state index is 10.9. The quantitative estimate of drug-likeness (QED) is 0.826. The van der Waals surface area contributed by atoms with E-state index in [1.165, 1.54) is 0 Å². The van der Waals surface area contributed by atoms with Crippen molar-refractivity contribution in [3.05, 3.63) is 35.9 Å². The lowest BCUT2D eigenvalue weighted by molar-refractivity contribution is -0.141. The first-order valence-corrected chi connectivity index (χ1v) is 5.58. The van der Waals surface area contributed by atoms with Gasteiger partial charge >= 0.3 is 5.97 Å². The topological polar surface area (TPSA) is 57.5 Å². The maximum atomic E-state index is 10.9. The largest absolute Gasteiger partial charge is 0.480 e. The number of rotatable bonds is 4. The Kier molecular flexibility index (Phi) is 3.88. The molecule has 1 aromatic carbocycles. The number of hydrogen-bond acceptors (Lipinski definition) is 2. The van der Waals surface area contributed by atoms with Crippen LogP contribution in [-0.4, -0.2) is 21.0 Å². The van der Waals surface area contributed by atoms with Crippen molar-refractivity contribution in [1.82, 2.24) is 0 Å². The zero-order chi connectivity index (χ0) is 11.5. The first kappa shape index (κ1) is 12.2. The minimum atomic E-state index is -1.37. The Bertz CT molecular complexity index is 339. The third-order valence-electron chi connectivity index (χ3n) is 2.45. The normalized spacial score (nSPS) is 16.7. The molecule has 0 saturated carbocycles. The fourth-order valence-electron chi connectivity index (χ4n) is 1.46. The Morgan fingerprint density at radius 1 is 1.47 bits per heavy atom. The molecule has 0 aliphatic rings. The molecular weight excluding hydrogens is 260 g/mol. The van der Waals surface area contributed by atoms with Crippen molar-refractivity contribution in [2.24, 2.45) is 0 Å². The van der Waals surface area contributed by atoms with Crippen LogP contribution in [0.15, 0.2) is 30.3 Å². The Labute approximate surface area is 96.9 Å². The average molecular weight is 273 g/mol. The molecule has 3 nitrogen and oxygen atoms in total. The summed E-state index contributed by atoms with van der Waals surface area (Å²) in [6.45, 7) is 1.75. The van der Waals surface area contributed by atoms with E-state index in [1.807, 2.05) is 6.07 Å². The fraction of sp³-hybridized carbons (Fsp3) is 0.364. The van der Waals surface area contributed by atoms with Crippen LogP contribution in [0.5, 0.6) is 0 Å². The standard InChI is InChI=1S/C11H13BrO3/c1-2-11(15,9(12)10(13)14)8-6-4-3-5-7-8/h3-7,9,15H,2H2,1H3,(H,13,14)/t9-,11+/m0/s1. The third-order valence-corrected chi connectivity index (χ3v) is 3.60. The summed E-state index contributed by atoms with van der Waals surface area (Å²) in [7, 11) is 0. The molecule has 15 heavy (non-hydrogen) atoms. The van der Waals surface area contributed by atoms with Gasteiger partial charge in [0.15, 0.2) is 0 Å². The lowest BCUT2D eigenvalue weighted by Crippen LogP contribution is -2.40. The van der Waals surface area contributed by atoms with E-state index in [4.69, 9.17) is 5.11 Å². The van der Waals surface area contributed by atoms with Gasteiger partial charge in [0.05, 0.1) is 0 Å². The van der Waals surface area contributed by atoms with Gasteiger partial charge in [0, 0.05) is 0 Å². The summed E-state index contributed by atoms with van der Waals surface area (Å²) in [4.78, 5) is 9.87. The van der Waals surface area contributed by atoms with E-state index in [9.17, 15) is 9.90 Å². The lowest BCUT2D eigenvalue weighted by atomic mass is 9.88. The third kappa shape index (κ3) is 2.38. The highest BCUT2D eigenvalue weighted by atomic mass is 79.9. The molecule has 0 radical (unpaired) electrons. The number of alkyl halides is 1. The molecule has 0 aromatic heterocycles. The lowest BCUT2D eigenvalue weighted by Gasteiger charge is -2.29. The summed E-state index contributed by atoms with van der Waals surface area (Å²) in [6, 6.07) is 8.82. The minimum absolute atomic E-state index is 0.333. The second kappa shape index (κ2) is 4.77. The summed E-state index contributed by atoms with van der Waals surface area (Å²) >= 11 is 3.01. The van der Waals surface area contributed by atoms with Crippen molar-refractivity contribution in [3.8, 4) is 0 Å². The van der Waals surface area contributed by atoms with Crippen LogP contribution >= 0.6 is 15.9 Å². The van der Waals surface area contributed by atoms with Crippen LogP contribution in [0.2, 0.25) is 0 Å². The summed E-state index contributed by atoms with van der Waals surface area (Å²) in [6.07, 6.45) is 0.333. The highest BCUT2D eigenvalue weighted by Crippen LogP contribution is 2.33. The van der Waals surface area contributed by atoms with Crippen LogP contribution in [0.3, 0.4) is 0 Å². The molecule has 0 fully saturated rings. The fourth-order valence-corrected chi connectivity index (χ4v) is 2.05. The van der Waals surface area contributed by atoms with E-state index < -0.39 is 16.4 Å². The molecule has 0 aliphatic heterocycles. The van der Waals surface area contributed by atoms with Gasteiger partial charge in [-0.05, 0) is 12.0 Å². The van der Waals surface area contributed by atoms with Gasteiger partial charge in [0.2, 0.25) is 0 Å². The zero-order valence-corrected chi connectivity index (χ0v) is 9.94. The SMILES string of the molecule is CC[C@@](O)(c1ccccc1)[C@@H](Br)C(=O)O. The van der Waals surface area contributed by atoms with E-state index >= 15 is 0 Å². The Morgan fingerprint density at radius 3 is 2.40 bits per heavy atom. The number of carboxylic acid groups (broad SMARTS) is 1. The van der Waals surface area contributed by atoms with Crippen molar-refractivity contribution >= 4 is 21.9 Å². The first-order chi connectivity index (χ1) is 7.02. The second-order valence-corrected chi connectivity index (χ2v) is 4.26. The van der Waals surface area contributed by atoms with Crippen molar-refractivity contribution < 1.29 is 15.0 Å². The molecule has 0 unspecified atom stereocenters. The van der Waals surface area contributed by atoms with Crippen molar-refractivity contribution in [1.29, 1.82) is 0 Å². The number of carbonyl (C=O) groups is 1. The molecule has 0 spiro atoms. The van der Waals surface area contributed by atoms with Gasteiger partial charge in [-0.1, -0.05) is 53.2 Å². The number of benzene rings is 1. The van der Waals surface area contributed by atoms with Gasteiger partial charge in [-0.25, -0.2) is 0 Å². The Morgan fingerprint density at radius 2 is 2.00 bits per heavy atom. The molecule has 0 amide bonds. The summed E-state index contributed by atoms with van der Waals surface area (Å²) in [5.74, 6) is -1.07. The van der Waals surface area contributed by atoms with Crippen LogP contribution in [-0.2, 0) is 10.4 Å². The molecule has 82 valence electrons. The Balaban J connectivity index is 3.11. The predicted molar refractivity (Wildman–Crippen MR) is 61.0 cm³/mol. The highest BCUT2D eigenvalue weighted by molar-refractivity contribution is 9.10. The van der Waals surface area contributed by atoms with Crippen LogP contribution in [0.4, 0.5) is 0 Å². The van der Waals surface area contributed by atoms with E-state index in [-0.39, 0.29) is 0 Å². The molecule has 1 rings (SSSR count). The van der Waals surface area contributed by atoms with Crippen LogP contribution in [0, 0.1) is 0 Å². The molecule has 2 N–H and O–H groups in total. The number of aliphatic hydroxyl groups is 1. The molecule has 0 saturated heterocycles. The van der Waals surface area contributed by atoms with Gasteiger partial charge in [-0.2, -0.15) is 0 Å². The minimum Gasteiger partial charge on any atom is -0.480 e. The van der Waals surface area contributed by atoms with E-state index in [1.54, 1.807) is 31.2 Å². The average Bonchev–Trinajstić information content (AvgIpc) is 2.28. The van der Waals surface area contributed by atoms with Gasteiger partial charge in [-0.15, -0.1) is 0 Å². The molecule has 2 atom stereocenters. The van der Waals surface area contributed by atoms with Crippen LogP contribution < -0.4 is 0 Å². The molecule has 1 aromatic rings. The molecular formula is C11H13BrO3. The number of hydrogen-bond donors (Lipinski definition) is 2. The molecule has 0 bridgehead atoms. The zero-order valence-electron chi connectivity index (χ0n) is 8.35. The van der Waals surface area contributed by atoms with Crippen LogP contribution in [0.25, 0.3) is 0 Å². The Hall–Kier alpha value is -0.870. The molecule has 0 aliphatic carbocycles. The number of carboxylic acids is 1. The van der Waals surface area contributed by atoms with Gasteiger partial charge < -0.3 is 10.2 Å². The molecule has 0 heterocycles. The smallest absolute Gasteiger partial charge is 0.320 e. The number of aliphatic carboxylic acids is 1. The summed E-state index contributed by atoms with van der Waals surface area (Å²) in [5.41, 5.74) is -0.760. The second-order valence-electron chi connectivity index (χ2n) is 3.34. The van der Waals surface area contributed by atoms with Crippen LogP contribution in [0.1, 0.15) is 18.9 Å². The van der Waals surface area contributed by atoms with Crippen molar-refractivity contribution in [2.75, 3.05) is 0 Å². The van der Waals surface area contributed by atoms with Gasteiger partial charge in [0.1, 0.15) is 10.4 Å². The van der Waals surface area contributed by atoms with Crippen molar-refractivity contribution in [3.63, 3.8) is 0 Å². The first-order valence-electron chi connectivity index (χ1n) is 4.67. The van der Waals surface area contributed by atoms with Gasteiger partial charge in [0.25, 0.3) is 0 Å². The number of halogens is 1. The van der Waals surface area contributed by atoms with Crippen molar-refractivity contribution in [2.45, 2.75) is 23.8 Å². The summed E-state index contributed by atoms with van der Waals surface area (Å²) in [5, 5.41) is 19.2. The highest BCUT2D eigenvalue weighted by Gasteiger charge is 2.39. The molecule has 4 heteroatoms. The van der Waals surface area contributed by atoms with E-state index in [2.05, 4.69) is 15.9 Å². The van der Waals surface area contributed by atoms with E-state index in [0.717, 1.165) is 0 Å². The van der Waals surface area contributed by atoms with E-state index in [0.29, 0.717) is 12.0 Å². The predicted octanol–water partition coefficient (Wildman–Crippen LogP) is 2.13. The van der Waals surface area contributed by atoms with Gasteiger partial charge in [-0.3, -0.25) is 4.79 Å².